The summed E-state index contributed by atoms with van der Waals surface area (Å²) in [6.45, 7) is 3.65. The van der Waals surface area contributed by atoms with Crippen LogP contribution in [0, 0.1) is 0 Å². The molecule has 5 nitrogen and oxygen atoms in total. The quantitative estimate of drug-likeness (QED) is 0.566. The first-order valence-electron chi connectivity index (χ1n) is 9.01. The number of rotatable bonds is 6. The fourth-order valence-corrected chi connectivity index (χ4v) is 3.43. The van der Waals surface area contributed by atoms with Crippen LogP contribution in [0.15, 0.2) is 59.5 Å². The standard InChI is InChI=1S/C21H24N2O3S/c1-27-19-9-7-18(8-10-19)21(25)26-16-20(24)23-13-11-22(12-14-23)15-17-5-3-2-4-6-17/h2-10H,11-16H2,1H3. The third-order valence-corrected chi connectivity index (χ3v) is 5.37. The van der Waals surface area contributed by atoms with Crippen molar-refractivity contribution >= 4 is 23.6 Å². The Labute approximate surface area is 164 Å². The van der Waals surface area contributed by atoms with Gasteiger partial charge < -0.3 is 9.64 Å². The zero-order valence-corrected chi connectivity index (χ0v) is 16.3. The third-order valence-electron chi connectivity index (χ3n) is 4.63. The molecule has 6 heteroatoms. The van der Waals surface area contributed by atoms with Gasteiger partial charge in [-0.05, 0) is 36.1 Å². The lowest BCUT2D eigenvalue weighted by atomic mass is 10.2. The van der Waals surface area contributed by atoms with Crippen molar-refractivity contribution < 1.29 is 14.3 Å². The van der Waals surface area contributed by atoms with Crippen LogP contribution in [0.1, 0.15) is 15.9 Å². The first kappa shape index (κ1) is 19.5. The molecule has 1 amide bonds. The summed E-state index contributed by atoms with van der Waals surface area (Å²) in [6, 6.07) is 17.5. The van der Waals surface area contributed by atoms with Crippen molar-refractivity contribution in [2.75, 3.05) is 39.0 Å². The monoisotopic (exact) mass is 384 g/mol. The van der Waals surface area contributed by atoms with E-state index in [1.807, 2.05) is 36.6 Å². The number of benzene rings is 2. The number of ether oxygens (including phenoxy) is 1. The van der Waals surface area contributed by atoms with Gasteiger partial charge in [0.2, 0.25) is 0 Å². The maximum Gasteiger partial charge on any atom is 0.338 e. The summed E-state index contributed by atoms with van der Waals surface area (Å²) in [5.41, 5.74) is 1.74. The van der Waals surface area contributed by atoms with Gasteiger partial charge in [0.1, 0.15) is 0 Å². The van der Waals surface area contributed by atoms with E-state index in [0.717, 1.165) is 24.5 Å². The Balaban J connectivity index is 1.42. The molecule has 0 aliphatic carbocycles. The van der Waals surface area contributed by atoms with Crippen molar-refractivity contribution in [3.05, 3.63) is 65.7 Å². The fourth-order valence-electron chi connectivity index (χ4n) is 3.03. The number of thioether (sulfide) groups is 1. The minimum Gasteiger partial charge on any atom is -0.452 e. The van der Waals surface area contributed by atoms with Crippen LogP contribution in [0.25, 0.3) is 0 Å². The molecule has 0 atom stereocenters. The van der Waals surface area contributed by atoms with Gasteiger partial charge in [-0.25, -0.2) is 4.79 Å². The Kier molecular flexibility index (Phi) is 6.90. The van der Waals surface area contributed by atoms with Gasteiger partial charge in [-0.15, -0.1) is 11.8 Å². The van der Waals surface area contributed by atoms with Gasteiger partial charge >= 0.3 is 5.97 Å². The molecule has 0 N–H and O–H groups in total. The van der Waals surface area contributed by atoms with E-state index in [1.165, 1.54) is 5.56 Å². The third kappa shape index (κ3) is 5.58. The average molecular weight is 385 g/mol. The van der Waals surface area contributed by atoms with Crippen LogP contribution < -0.4 is 0 Å². The van der Waals surface area contributed by atoms with Crippen LogP contribution >= 0.6 is 11.8 Å². The minimum atomic E-state index is -0.460. The van der Waals surface area contributed by atoms with E-state index in [2.05, 4.69) is 17.0 Å². The van der Waals surface area contributed by atoms with Gasteiger partial charge in [0, 0.05) is 37.6 Å². The highest BCUT2D eigenvalue weighted by Gasteiger charge is 2.22. The molecule has 0 spiro atoms. The van der Waals surface area contributed by atoms with Gasteiger partial charge in [0.15, 0.2) is 6.61 Å². The Morgan fingerprint density at radius 3 is 2.26 bits per heavy atom. The molecular formula is C21H24N2O3S. The Morgan fingerprint density at radius 2 is 1.63 bits per heavy atom. The van der Waals surface area contributed by atoms with Gasteiger partial charge in [0.05, 0.1) is 5.56 Å². The van der Waals surface area contributed by atoms with Crippen molar-refractivity contribution in [1.29, 1.82) is 0 Å². The van der Waals surface area contributed by atoms with Gasteiger partial charge in [0.25, 0.3) is 5.91 Å². The average Bonchev–Trinajstić information content (AvgIpc) is 2.73. The second-order valence-corrected chi connectivity index (χ2v) is 7.33. The molecular weight excluding hydrogens is 360 g/mol. The van der Waals surface area contributed by atoms with Crippen LogP contribution in [-0.2, 0) is 16.1 Å². The molecule has 0 aromatic heterocycles. The number of amides is 1. The molecule has 1 saturated heterocycles. The zero-order chi connectivity index (χ0) is 19.1. The summed E-state index contributed by atoms with van der Waals surface area (Å²) < 4.78 is 5.19. The van der Waals surface area contributed by atoms with Crippen LogP contribution in [0.4, 0.5) is 0 Å². The molecule has 142 valence electrons. The number of carbonyl (C=O) groups is 2. The van der Waals surface area contributed by atoms with Crippen LogP contribution in [0.5, 0.6) is 0 Å². The van der Waals surface area contributed by atoms with Crippen LogP contribution in [0.2, 0.25) is 0 Å². The van der Waals surface area contributed by atoms with E-state index in [9.17, 15) is 9.59 Å². The maximum absolute atomic E-state index is 12.3. The smallest absolute Gasteiger partial charge is 0.338 e. The van der Waals surface area contributed by atoms with Crippen LogP contribution in [0.3, 0.4) is 0 Å². The fraction of sp³-hybridized carbons (Fsp3) is 0.333. The van der Waals surface area contributed by atoms with Crippen molar-refractivity contribution in [2.45, 2.75) is 11.4 Å². The molecule has 0 bridgehead atoms. The molecule has 1 fully saturated rings. The normalized spacial score (nSPS) is 14.8. The molecule has 2 aromatic carbocycles. The molecule has 3 rings (SSSR count). The lowest BCUT2D eigenvalue weighted by molar-refractivity contribution is -0.136. The highest BCUT2D eigenvalue weighted by atomic mass is 32.2. The van der Waals surface area contributed by atoms with E-state index in [0.29, 0.717) is 18.7 Å². The molecule has 1 heterocycles. The lowest BCUT2D eigenvalue weighted by Crippen LogP contribution is -2.49. The van der Waals surface area contributed by atoms with Gasteiger partial charge in [-0.2, -0.15) is 0 Å². The van der Waals surface area contributed by atoms with Gasteiger partial charge in [-0.3, -0.25) is 9.69 Å². The van der Waals surface area contributed by atoms with Gasteiger partial charge in [-0.1, -0.05) is 30.3 Å². The number of esters is 1. The first-order valence-corrected chi connectivity index (χ1v) is 10.2. The highest BCUT2D eigenvalue weighted by Crippen LogP contribution is 2.15. The van der Waals surface area contributed by atoms with E-state index < -0.39 is 5.97 Å². The summed E-state index contributed by atoms with van der Waals surface area (Å²) in [6.07, 6.45) is 1.98. The summed E-state index contributed by atoms with van der Waals surface area (Å²) in [7, 11) is 0. The first-order chi connectivity index (χ1) is 13.2. The minimum absolute atomic E-state index is 0.136. The van der Waals surface area contributed by atoms with Crippen molar-refractivity contribution in [3.63, 3.8) is 0 Å². The molecule has 0 unspecified atom stereocenters. The molecule has 2 aromatic rings. The van der Waals surface area contributed by atoms with Crippen molar-refractivity contribution in [2.24, 2.45) is 0 Å². The number of nitrogens with zero attached hydrogens (tertiary/aromatic N) is 2. The topological polar surface area (TPSA) is 49.9 Å². The van der Waals surface area contributed by atoms with Crippen molar-refractivity contribution in [1.82, 2.24) is 9.80 Å². The predicted octanol–water partition coefficient (Wildman–Crippen LogP) is 2.91. The molecule has 0 radical (unpaired) electrons. The number of hydrogen-bond donors (Lipinski definition) is 0. The van der Waals surface area contributed by atoms with E-state index in [1.54, 1.807) is 28.8 Å². The van der Waals surface area contributed by atoms with E-state index >= 15 is 0 Å². The molecule has 27 heavy (non-hydrogen) atoms. The summed E-state index contributed by atoms with van der Waals surface area (Å²) in [5.74, 6) is -0.595. The Bertz CT molecular complexity index is 757. The number of hydrogen-bond acceptors (Lipinski definition) is 5. The summed E-state index contributed by atoms with van der Waals surface area (Å²) in [4.78, 5) is 29.6. The summed E-state index contributed by atoms with van der Waals surface area (Å²) >= 11 is 1.61. The number of carbonyl (C=O) groups excluding carboxylic acids is 2. The Morgan fingerprint density at radius 1 is 0.963 bits per heavy atom. The molecule has 1 aliphatic heterocycles. The molecule has 0 saturated carbocycles. The second kappa shape index (κ2) is 9.58. The SMILES string of the molecule is CSc1ccc(C(=O)OCC(=O)N2CCN(Cc3ccccc3)CC2)cc1. The van der Waals surface area contributed by atoms with Crippen LogP contribution in [-0.4, -0.2) is 60.7 Å². The second-order valence-electron chi connectivity index (χ2n) is 6.45. The number of piperazine rings is 1. The van der Waals surface area contributed by atoms with E-state index in [-0.39, 0.29) is 12.5 Å². The van der Waals surface area contributed by atoms with Crippen molar-refractivity contribution in [3.8, 4) is 0 Å². The largest absolute Gasteiger partial charge is 0.452 e. The predicted molar refractivity (Wildman–Crippen MR) is 107 cm³/mol. The highest BCUT2D eigenvalue weighted by molar-refractivity contribution is 7.98. The lowest BCUT2D eigenvalue weighted by Gasteiger charge is -2.34. The zero-order valence-electron chi connectivity index (χ0n) is 15.5. The maximum atomic E-state index is 12.3. The summed E-state index contributed by atoms with van der Waals surface area (Å²) in [5, 5.41) is 0. The van der Waals surface area contributed by atoms with E-state index in [4.69, 9.17) is 4.74 Å². The Hall–Kier alpha value is -2.31. The molecule has 1 aliphatic rings.